The van der Waals surface area contributed by atoms with Crippen molar-refractivity contribution in [3.05, 3.63) is 40.5 Å². The number of aryl methyl sites for hydroxylation is 2. The lowest BCUT2D eigenvalue weighted by Gasteiger charge is -2.69. The highest BCUT2D eigenvalue weighted by atomic mass is 16.3. The Morgan fingerprint density at radius 2 is 1.71 bits per heavy atom. The van der Waals surface area contributed by atoms with Crippen molar-refractivity contribution in [3.63, 3.8) is 0 Å². The quantitative estimate of drug-likeness (QED) is 0.563. The van der Waals surface area contributed by atoms with Crippen LogP contribution in [-0.4, -0.2) is 22.9 Å². The van der Waals surface area contributed by atoms with Crippen LogP contribution in [0.5, 0.6) is 0 Å². The van der Waals surface area contributed by atoms with Crippen molar-refractivity contribution in [2.45, 2.75) is 92.6 Å². The van der Waals surface area contributed by atoms with Crippen LogP contribution in [0.2, 0.25) is 0 Å². The highest BCUT2D eigenvalue weighted by Gasteiger charge is 2.66. The smallest absolute Gasteiger partial charge is 0.0618 e. The van der Waals surface area contributed by atoms with E-state index in [4.69, 9.17) is 0 Å². The lowest BCUT2D eigenvalue weighted by molar-refractivity contribution is -0.205. The van der Waals surface area contributed by atoms with Crippen molar-refractivity contribution in [3.8, 4) is 0 Å². The summed E-state index contributed by atoms with van der Waals surface area (Å²) in [6.07, 6.45) is 10.0. The fraction of sp³-hybridized carbons (Fsp3) is 0.724. The summed E-state index contributed by atoms with van der Waals surface area (Å²) >= 11 is 0. The third-order valence-electron chi connectivity index (χ3n) is 11.6. The molecule has 2 nitrogen and oxygen atoms in total. The average Bonchev–Trinajstić information content (AvgIpc) is 2.74. The van der Waals surface area contributed by atoms with Gasteiger partial charge in [-0.25, -0.2) is 0 Å². The minimum absolute atomic E-state index is 0.0993. The first-order valence-electron chi connectivity index (χ1n) is 12.6. The van der Waals surface area contributed by atoms with E-state index in [0.29, 0.717) is 11.8 Å². The summed E-state index contributed by atoms with van der Waals surface area (Å²) in [6, 6.07) is 4.68. The zero-order valence-corrected chi connectivity index (χ0v) is 20.5. The van der Waals surface area contributed by atoms with E-state index in [2.05, 4.69) is 59.8 Å². The molecule has 4 aliphatic carbocycles. The van der Waals surface area contributed by atoms with Crippen molar-refractivity contribution in [2.75, 3.05) is 6.61 Å². The fourth-order valence-electron chi connectivity index (χ4n) is 9.17. The molecular weight excluding hydrogens is 380 g/mol. The number of hydrogen-bond donors (Lipinski definition) is 2. The van der Waals surface area contributed by atoms with E-state index < -0.39 is 0 Å². The maximum atomic E-state index is 10.9. The van der Waals surface area contributed by atoms with Gasteiger partial charge >= 0.3 is 0 Å². The molecule has 0 aromatic heterocycles. The van der Waals surface area contributed by atoms with Gasteiger partial charge in [0.2, 0.25) is 0 Å². The van der Waals surface area contributed by atoms with Crippen LogP contribution in [0.3, 0.4) is 0 Å². The molecule has 2 fully saturated rings. The Kier molecular flexibility index (Phi) is 4.69. The van der Waals surface area contributed by atoms with Gasteiger partial charge in [0.05, 0.1) is 12.7 Å². The van der Waals surface area contributed by atoms with E-state index in [-0.39, 0.29) is 34.4 Å². The molecule has 7 atom stereocenters. The van der Waals surface area contributed by atoms with E-state index in [1.807, 2.05) is 0 Å². The number of fused-ring (bicyclic) bond motifs is 7. The van der Waals surface area contributed by atoms with E-state index in [9.17, 15) is 10.2 Å². The van der Waals surface area contributed by atoms with Gasteiger partial charge in [0, 0.05) is 5.41 Å². The lowest BCUT2D eigenvalue weighted by atomic mass is 9.35. The highest BCUT2D eigenvalue weighted by Crippen LogP contribution is 2.73. The Hall–Kier alpha value is -1.12. The minimum Gasteiger partial charge on any atom is -0.396 e. The van der Waals surface area contributed by atoms with Crippen molar-refractivity contribution < 1.29 is 10.2 Å². The Balaban J connectivity index is 1.64. The molecule has 2 saturated carbocycles. The van der Waals surface area contributed by atoms with Crippen LogP contribution in [-0.2, 0) is 6.42 Å². The van der Waals surface area contributed by atoms with Crippen molar-refractivity contribution >= 4 is 5.57 Å². The van der Waals surface area contributed by atoms with Gasteiger partial charge in [-0.1, -0.05) is 45.9 Å². The molecule has 170 valence electrons. The van der Waals surface area contributed by atoms with E-state index >= 15 is 0 Å². The van der Waals surface area contributed by atoms with E-state index in [0.717, 1.165) is 25.7 Å². The van der Waals surface area contributed by atoms with Crippen LogP contribution < -0.4 is 0 Å². The van der Waals surface area contributed by atoms with Crippen molar-refractivity contribution in [1.29, 1.82) is 0 Å². The third-order valence-corrected chi connectivity index (χ3v) is 11.6. The Bertz CT molecular complexity index is 946. The second-order valence-electron chi connectivity index (χ2n) is 12.5. The van der Waals surface area contributed by atoms with Gasteiger partial charge in [0.1, 0.15) is 0 Å². The van der Waals surface area contributed by atoms with Gasteiger partial charge in [0.15, 0.2) is 0 Å². The van der Waals surface area contributed by atoms with Crippen LogP contribution in [0.25, 0.3) is 5.57 Å². The molecule has 1 aromatic carbocycles. The number of hydrogen-bond acceptors (Lipinski definition) is 2. The maximum absolute atomic E-state index is 10.9. The number of allylic oxidation sites excluding steroid dienone is 2. The monoisotopic (exact) mass is 422 g/mol. The summed E-state index contributed by atoms with van der Waals surface area (Å²) in [5.41, 5.74) is 7.87. The molecule has 0 unspecified atom stereocenters. The Labute approximate surface area is 189 Å². The summed E-state index contributed by atoms with van der Waals surface area (Å²) in [6.45, 7) is 14.5. The van der Waals surface area contributed by atoms with Crippen molar-refractivity contribution in [2.24, 2.45) is 33.5 Å². The standard InChI is InChI=1S/C29H42O2/c1-18-7-8-20-11-15-28(5)21(25(20)19(18)2)9-10-23-26(3)14-13-24(31)27(4,17-30)22(26)12-16-29(23,28)6/h7-9,22-24,30-31H,10-17H2,1-6H3/t22-,23-,24-,26+,27-,28-,29-/m1/s1. The van der Waals surface area contributed by atoms with Gasteiger partial charge in [-0.05, 0) is 115 Å². The van der Waals surface area contributed by atoms with Crippen molar-refractivity contribution in [1.82, 2.24) is 0 Å². The molecule has 0 spiro atoms. The lowest BCUT2D eigenvalue weighted by Crippen LogP contribution is -2.64. The van der Waals surface area contributed by atoms with Crippen LogP contribution in [0.4, 0.5) is 0 Å². The Morgan fingerprint density at radius 1 is 0.968 bits per heavy atom. The van der Waals surface area contributed by atoms with Gasteiger partial charge in [-0.2, -0.15) is 0 Å². The number of aliphatic hydroxyl groups is 2. The summed E-state index contributed by atoms with van der Waals surface area (Å²) in [7, 11) is 0. The largest absolute Gasteiger partial charge is 0.396 e. The number of rotatable bonds is 1. The van der Waals surface area contributed by atoms with Gasteiger partial charge in [-0.3, -0.25) is 0 Å². The van der Waals surface area contributed by atoms with Crippen LogP contribution in [0.1, 0.15) is 88.5 Å². The molecule has 5 rings (SSSR count). The molecule has 4 aliphatic rings. The summed E-state index contributed by atoms with van der Waals surface area (Å²) in [5, 5.41) is 21.2. The first kappa shape index (κ1) is 21.7. The molecule has 0 bridgehead atoms. The zero-order chi connectivity index (χ0) is 22.4. The minimum atomic E-state index is -0.377. The van der Waals surface area contributed by atoms with E-state index in [1.165, 1.54) is 30.4 Å². The SMILES string of the molecule is Cc1ccc2c(c1C)C1=CC[C@@H]3[C@@]4(C)CC[C@@H](O)[C@](C)(CO)[C@@H]4CC[C@@]3(C)[C@]1(C)CC2. The van der Waals surface area contributed by atoms with Crippen LogP contribution in [0, 0.1) is 47.3 Å². The molecule has 2 N–H and O–H groups in total. The predicted octanol–water partition coefficient (Wildman–Crippen LogP) is 6.24. The molecular formula is C29H42O2. The fourth-order valence-corrected chi connectivity index (χ4v) is 9.17. The highest BCUT2D eigenvalue weighted by molar-refractivity contribution is 5.79. The van der Waals surface area contributed by atoms with Gasteiger partial charge < -0.3 is 10.2 Å². The molecule has 0 saturated heterocycles. The zero-order valence-electron chi connectivity index (χ0n) is 20.5. The average molecular weight is 423 g/mol. The Morgan fingerprint density at radius 3 is 2.42 bits per heavy atom. The molecule has 1 aromatic rings. The first-order chi connectivity index (χ1) is 14.5. The van der Waals surface area contributed by atoms with Gasteiger partial charge in [0.25, 0.3) is 0 Å². The van der Waals surface area contributed by atoms with E-state index in [1.54, 1.807) is 16.7 Å². The summed E-state index contributed by atoms with van der Waals surface area (Å²) in [4.78, 5) is 0. The molecule has 0 aliphatic heterocycles. The second-order valence-corrected chi connectivity index (χ2v) is 12.5. The molecule has 0 heterocycles. The van der Waals surface area contributed by atoms with Crippen LogP contribution in [0.15, 0.2) is 18.2 Å². The molecule has 31 heavy (non-hydrogen) atoms. The number of benzene rings is 1. The molecule has 2 heteroatoms. The summed E-state index contributed by atoms with van der Waals surface area (Å²) < 4.78 is 0. The first-order valence-corrected chi connectivity index (χ1v) is 12.6. The summed E-state index contributed by atoms with van der Waals surface area (Å²) in [5.74, 6) is 1.00. The maximum Gasteiger partial charge on any atom is 0.0618 e. The third kappa shape index (κ3) is 2.53. The normalized spacial score (nSPS) is 46.3. The molecule has 0 radical (unpaired) electrons. The van der Waals surface area contributed by atoms with Gasteiger partial charge in [-0.15, -0.1) is 0 Å². The topological polar surface area (TPSA) is 40.5 Å². The molecule has 0 amide bonds. The second kappa shape index (κ2) is 6.70. The predicted molar refractivity (Wildman–Crippen MR) is 128 cm³/mol. The number of aliphatic hydroxyl groups excluding tert-OH is 2. The van der Waals surface area contributed by atoms with Crippen LogP contribution >= 0.6 is 0 Å².